The molecule has 0 spiro atoms. The number of allylic oxidation sites excluding steroid dienone is 4. The fraction of sp³-hybridized carbons (Fsp3) is 0.350. The Balaban J connectivity index is 2.49. The summed E-state index contributed by atoms with van der Waals surface area (Å²) >= 11 is 0. The second kappa shape index (κ2) is 7.39. The van der Waals surface area contributed by atoms with E-state index in [0.717, 1.165) is 28.2 Å². The van der Waals surface area contributed by atoms with Crippen molar-refractivity contribution < 1.29 is 19.4 Å². The SMILES string of the molecule is CCC(=C/C(=O)O)/C=C/C1=CC(C)(C)COc2ccc(OC)cc21. The van der Waals surface area contributed by atoms with Crippen molar-refractivity contribution in [1.29, 1.82) is 0 Å². The maximum Gasteiger partial charge on any atom is 0.328 e. The first-order valence-electron chi connectivity index (χ1n) is 8.00. The van der Waals surface area contributed by atoms with Crippen LogP contribution in [0.2, 0.25) is 0 Å². The highest BCUT2D eigenvalue weighted by Crippen LogP contribution is 2.37. The number of methoxy groups -OCH3 is 1. The minimum Gasteiger partial charge on any atom is -0.497 e. The number of rotatable bonds is 5. The van der Waals surface area contributed by atoms with Crippen LogP contribution in [0.25, 0.3) is 5.57 Å². The number of carboxylic acid groups (broad SMARTS) is 1. The average molecular weight is 328 g/mol. The van der Waals surface area contributed by atoms with E-state index in [1.807, 2.05) is 37.3 Å². The summed E-state index contributed by atoms with van der Waals surface area (Å²) in [6, 6.07) is 5.73. The average Bonchev–Trinajstić information content (AvgIpc) is 2.67. The van der Waals surface area contributed by atoms with Crippen molar-refractivity contribution in [2.75, 3.05) is 13.7 Å². The number of fused-ring (bicyclic) bond motifs is 1. The molecule has 0 bridgehead atoms. The lowest BCUT2D eigenvalue weighted by Crippen LogP contribution is -2.17. The highest BCUT2D eigenvalue weighted by Gasteiger charge is 2.23. The van der Waals surface area contributed by atoms with Crippen molar-refractivity contribution in [2.45, 2.75) is 27.2 Å². The Labute approximate surface area is 143 Å². The van der Waals surface area contributed by atoms with Crippen LogP contribution in [0.15, 0.2) is 48.1 Å². The van der Waals surface area contributed by atoms with Crippen LogP contribution in [0.5, 0.6) is 11.5 Å². The van der Waals surface area contributed by atoms with E-state index in [1.165, 1.54) is 6.08 Å². The van der Waals surface area contributed by atoms with Crippen LogP contribution in [0.1, 0.15) is 32.8 Å². The van der Waals surface area contributed by atoms with Crippen LogP contribution in [0, 0.1) is 5.41 Å². The summed E-state index contributed by atoms with van der Waals surface area (Å²) < 4.78 is 11.3. The zero-order valence-corrected chi connectivity index (χ0v) is 14.6. The molecule has 0 saturated heterocycles. The Kier molecular flexibility index (Phi) is 5.50. The van der Waals surface area contributed by atoms with E-state index in [0.29, 0.717) is 13.0 Å². The Morgan fingerprint density at radius 1 is 1.42 bits per heavy atom. The van der Waals surface area contributed by atoms with E-state index in [2.05, 4.69) is 19.9 Å². The number of ether oxygens (including phenoxy) is 2. The molecule has 0 atom stereocenters. The van der Waals surface area contributed by atoms with Gasteiger partial charge < -0.3 is 14.6 Å². The molecule has 0 unspecified atom stereocenters. The molecule has 0 aromatic heterocycles. The largest absolute Gasteiger partial charge is 0.497 e. The second-order valence-electron chi connectivity index (χ2n) is 6.48. The van der Waals surface area contributed by atoms with E-state index < -0.39 is 5.97 Å². The van der Waals surface area contributed by atoms with E-state index in [9.17, 15) is 4.79 Å². The standard InChI is InChI=1S/C20H24O4/c1-5-14(10-19(21)22)6-7-15-12-20(2,3)13-24-18-9-8-16(23-4)11-17(15)18/h6-12H,5,13H2,1-4H3,(H,21,22)/b7-6+,14-10-. The third-order valence-corrected chi connectivity index (χ3v) is 3.84. The molecule has 128 valence electrons. The number of aliphatic carboxylic acids is 1. The topological polar surface area (TPSA) is 55.8 Å². The first kappa shape index (κ1) is 17.9. The smallest absolute Gasteiger partial charge is 0.328 e. The predicted molar refractivity (Wildman–Crippen MR) is 95.4 cm³/mol. The van der Waals surface area contributed by atoms with E-state index in [1.54, 1.807) is 7.11 Å². The molecular weight excluding hydrogens is 304 g/mol. The summed E-state index contributed by atoms with van der Waals surface area (Å²) in [5, 5.41) is 8.94. The first-order valence-corrected chi connectivity index (χ1v) is 8.00. The Hall–Kier alpha value is -2.49. The summed E-state index contributed by atoms with van der Waals surface area (Å²) in [6.45, 7) is 6.73. The quantitative estimate of drug-likeness (QED) is 0.640. The Bertz CT molecular complexity index is 708. The van der Waals surface area contributed by atoms with Gasteiger partial charge in [0.2, 0.25) is 0 Å². The van der Waals surface area contributed by atoms with Crippen molar-refractivity contribution in [3.05, 3.63) is 53.6 Å². The molecule has 2 rings (SSSR count). The van der Waals surface area contributed by atoms with Crippen LogP contribution in [-0.2, 0) is 4.79 Å². The van der Waals surface area contributed by atoms with E-state index in [-0.39, 0.29) is 5.41 Å². The summed E-state index contributed by atoms with van der Waals surface area (Å²) in [5.74, 6) is 0.628. The van der Waals surface area contributed by atoms with Gasteiger partial charge in [-0.25, -0.2) is 4.79 Å². The molecule has 1 aromatic rings. The van der Waals surface area contributed by atoms with Gasteiger partial charge in [0.05, 0.1) is 13.7 Å². The number of carbonyl (C=O) groups is 1. The summed E-state index contributed by atoms with van der Waals surface area (Å²) in [5.41, 5.74) is 2.57. The van der Waals surface area contributed by atoms with Crippen molar-refractivity contribution in [2.24, 2.45) is 5.41 Å². The molecule has 0 aliphatic carbocycles. The molecule has 1 aliphatic heterocycles. The van der Waals surface area contributed by atoms with Gasteiger partial charge in [-0.2, -0.15) is 0 Å². The summed E-state index contributed by atoms with van der Waals surface area (Å²) in [4.78, 5) is 10.9. The number of hydrogen-bond acceptors (Lipinski definition) is 3. The van der Waals surface area contributed by atoms with Gasteiger partial charge in [-0.3, -0.25) is 0 Å². The van der Waals surface area contributed by atoms with Crippen molar-refractivity contribution in [3.8, 4) is 11.5 Å². The summed E-state index contributed by atoms with van der Waals surface area (Å²) in [6.07, 6.45) is 7.85. The molecule has 1 aliphatic rings. The highest BCUT2D eigenvalue weighted by molar-refractivity contribution is 5.83. The molecule has 24 heavy (non-hydrogen) atoms. The Morgan fingerprint density at radius 2 is 2.17 bits per heavy atom. The van der Waals surface area contributed by atoms with Gasteiger partial charge in [-0.05, 0) is 35.8 Å². The van der Waals surface area contributed by atoms with Crippen LogP contribution in [0.3, 0.4) is 0 Å². The number of benzene rings is 1. The lowest BCUT2D eigenvalue weighted by atomic mass is 9.90. The Morgan fingerprint density at radius 3 is 2.79 bits per heavy atom. The zero-order valence-electron chi connectivity index (χ0n) is 14.6. The van der Waals surface area contributed by atoms with Crippen LogP contribution in [0.4, 0.5) is 0 Å². The number of hydrogen-bond donors (Lipinski definition) is 1. The minimum atomic E-state index is -0.933. The van der Waals surface area contributed by atoms with E-state index in [4.69, 9.17) is 14.6 Å². The maximum atomic E-state index is 10.9. The fourth-order valence-electron chi connectivity index (χ4n) is 2.55. The monoisotopic (exact) mass is 328 g/mol. The molecule has 4 nitrogen and oxygen atoms in total. The molecule has 1 aromatic carbocycles. The van der Waals surface area contributed by atoms with E-state index >= 15 is 0 Å². The highest BCUT2D eigenvalue weighted by atomic mass is 16.5. The molecule has 0 saturated carbocycles. The molecule has 4 heteroatoms. The molecule has 1 heterocycles. The zero-order chi connectivity index (χ0) is 17.7. The summed E-state index contributed by atoms with van der Waals surface area (Å²) in [7, 11) is 1.63. The van der Waals surface area contributed by atoms with Gasteiger partial charge in [0.15, 0.2) is 0 Å². The second-order valence-corrected chi connectivity index (χ2v) is 6.48. The van der Waals surface area contributed by atoms with Gasteiger partial charge in [0, 0.05) is 17.1 Å². The molecule has 0 radical (unpaired) electrons. The van der Waals surface area contributed by atoms with Gasteiger partial charge >= 0.3 is 5.97 Å². The lowest BCUT2D eigenvalue weighted by molar-refractivity contribution is -0.131. The predicted octanol–water partition coefficient (Wildman–Crippen LogP) is 4.47. The molecule has 1 N–H and O–H groups in total. The molecule has 0 fully saturated rings. The van der Waals surface area contributed by atoms with Gasteiger partial charge in [0.25, 0.3) is 0 Å². The van der Waals surface area contributed by atoms with Crippen LogP contribution < -0.4 is 9.47 Å². The van der Waals surface area contributed by atoms with Gasteiger partial charge in [-0.15, -0.1) is 0 Å². The fourth-order valence-corrected chi connectivity index (χ4v) is 2.55. The van der Waals surface area contributed by atoms with Crippen LogP contribution in [-0.4, -0.2) is 24.8 Å². The normalized spacial score (nSPS) is 16.8. The van der Waals surface area contributed by atoms with Crippen LogP contribution >= 0.6 is 0 Å². The first-order chi connectivity index (χ1) is 11.3. The van der Waals surface area contributed by atoms with Gasteiger partial charge in [-0.1, -0.05) is 39.0 Å². The molecular formula is C20H24O4. The molecule has 0 amide bonds. The van der Waals surface area contributed by atoms with Gasteiger partial charge in [0.1, 0.15) is 11.5 Å². The van der Waals surface area contributed by atoms with Crippen molar-refractivity contribution in [1.82, 2.24) is 0 Å². The minimum absolute atomic E-state index is 0.130. The third kappa shape index (κ3) is 4.51. The van der Waals surface area contributed by atoms with Crippen molar-refractivity contribution in [3.63, 3.8) is 0 Å². The van der Waals surface area contributed by atoms with Crippen molar-refractivity contribution >= 4 is 11.5 Å². The lowest BCUT2D eigenvalue weighted by Gasteiger charge is -2.18. The maximum absolute atomic E-state index is 10.9. The number of carboxylic acids is 1. The third-order valence-electron chi connectivity index (χ3n) is 3.84.